The summed E-state index contributed by atoms with van der Waals surface area (Å²) in [5.41, 5.74) is -1.25. The summed E-state index contributed by atoms with van der Waals surface area (Å²) in [4.78, 5) is 13.6. The van der Waals surface area contributed by atoms with Crippen molar-refractivity contribution < 1.29 is 69.3 Å². The van der Waals surface area contributed by atoms with Crippen molar-refractivity contribution in [2.24, 2.45) is 0 Å². The van der Waals surface area contributed by atoms with E-state index in [4.69, 9.17) is 23.4 Å². The van der Waals surface area contributed by atoms with Gasteiger partial charge in [-0.25, -0.2) is 0 Å². The quantitative estimate of drug-likeness (QED) is 0.152. The Kier molecular flexibility index (Phi) is 7.71. The van der Waals surface area contributed by atoms with E-state index in [0.29, 0.717) is 0 Å². The highest BCUT2D eigenvalue weighted by molar-refractivity contribution is 5.88. The largest absolute Gasteiger partial charge is 0.507 e. The van der Waals surface area contributed by atoms with Gasteiger partial charge in [0.05, 0.1) is 12.7 Å². The van der Waals surface area contributed by atoms with Crippen molar-refractivity contribution in [1.29, 1.82) is 0 Å². The van der Waals surface area contributed by atoms with Crippen LogP contribution >= 0.6 is 0 Å². The van der Waals surface area contributed by atoms with Crippen LogP contribution in [0, 0.1) is 0 Å². The molecule has 0 unspecified atom stereocenters. The molecule has 222 valence electrons. The zero-order valence-corrected chi connectivity index (χ0v) is 21.3. The van der Waals surface area contributed by atoms with Gasteiger partial charge in [0.1, 0.15) is 59.1 Å². The van der Waals surface area contributed by atoms with E-state index in [1.165, 1.54) is 13.0 Å². The first-order valence-corrected chi connectivity index (χ1v) is 12.4. The average Bonchev–Trinajstić information content (AvgIpc) is 3.21. The number of hydrogen-bond acceptors (Lipinski definition) is 15. The molecule has 2 fully saturated rings. The minimum absolute atomic E-state index is 0.00354. The van der Waals surface area contributed by atoms with E-state index in [1.54, 1.807) is 0 Å². The molecule has 2 aliphatic rings. The van der Waals surface area contributed by atoms with Crippen LogP contribution < -0.4 is 14.9 Å². The first-order valence-electron chi connectivity index (χ1n) is 12.4. The summed E-state index contributed by atoms with van der Waals surface area (Å²) in [6, 6.07) is 5.58. The highest BCUT2D eigenvalue weighted by atomic mass is 16.7. The summed E-state index contributed by atoms with van der Waals surface area (Å²) < 4.78 is 27.8. The van der Waals surface area contributed by atoms with Crippen molar-refractivity contribution in [3.63, 3.8) is 0 Å². The zero-order chi connectivity index (χ0) is 29.7. The SMILES string of the molecule is C[C@@H]1O[C@@H](Oc2cc(O)c3c(=O)c(O[C@@H]4O[C@@H](CO)[C@H](O)[C@H]4O)c(-c4ccc(O)c(O)c4)oc3c2)[C@H](O)[C@H](O)[C@H]1O. The molecule has 0 aliphatic carbocycles. The standard InChI is InChI=1S/C26H28O15/c1-8-17(31)20(34)22(36)25(37-8)38-10-5-13(30)16-14(6-10)39-23(9-2-3-11(28)12(29)4-9)24(19(16)33)41-26-21(35)18(32)15(7-27)40-26/h2-6,8,15,17-18,20-22,25-32,34-36H,7H2,1H3/t8-,15-,17-,18-,20+,21+,22+,25-,26-/m0/s1. The Morgan fingerprint density at radius 1 is 0.780 bits per heavy atom. The molecule has 0 bridgehead atoms. The van der Waals surface area contributed by atoms with E-state index >= 15 is 0 Å². The number of aliphatic hydroxyl groups excluding tert-OH is 6. The maximum atomic E-state index is 13.6. The number of benzene rings is 2. The molecule has 41 heavy (non-hydrogen) atoms. The average molecular weight is 580 g/mol. The number of ether oxygens (including phenoxy) is 4. The highest BCUT2D eigenvalue weighted by Crippen LogP contribution is 2.40. The van der Waals surface area contributed by atoms with E-state index in [9.17, 15) is 50.8 Å². The Labute approximate surface area is 230 Å². The normalized spacial score (nSPS) is 31.8. The van der Waals surface area contributed by atoms with Crippen LogP contribution in [0.2, 0.25) is 0 Å². The van der Waals surface area contributed by atoms with E-state index < -0.39 is 95.7 Å². The summed E-state index contributed by atoms with van der Waals surface area (Å²) in [5.74, 6) is -2.87. The molecule has 9 N–H and O–H groups in total. The molecule has 0 spiro atoms. The maximum Gasteiger partial charge on any atom is 0.239 e. The van der Waals surface area contributed by atoms with Gasteiger partial charge in [0.2, 0.25) is 23.8 Å². The van der Waals surface area contributed by atoms with Crippen LogP contribution in [0.1, 0.15) is 6.92 Å². The van der Waals surface area contributed by atoms with Gasteiger partial charge in [0.25, 0.3) is 0 Å². The molecule has 0 saturated carbocycles. The first-order chi connectivity index (χ1) is 19.4. The number of phenols is 3. The van der Waals surface area contributed by atoms with Gasteiger partial charge in [-0.05, 0) is 25.1 Å². The van der Waals surface area contributed by atoms with Crippen molar-refractivity contribution in [2.45, 2.75) is 62.2 Å². The van der Waals surface area contributed by atoms with Crippen molar-refractivity contribution in [3.05, 3.63) is 40.6 Å². The van der Waals surface area contributed by atoms with E-state index in [0.717, 1.165) is 24.3 Å². The topological polar surface area (TPSA) is 249 Å². The second-order valence-electron chi connectivity index (χ2n) is 9.73. The lowest BCUT2D eigenvalue weighted by Crippen LogP contribution is -2.58. The van der Waals surface area contributed by atoms with E-state index in [-0.39, 0.29) is 22.7 Å². The van der Waals surface area contributed by atoms with Crippen molar-refractivity contribution in [2.75, 3.05) is 6.61 Å². The summed E-state index contributed by atoms with van der Waals surface area (Å²) in [6.07, 6.45) is -13.2. The maximum absolute atomic E-state index is 13.6. The van der Waals surface area contributed by atoms with E-state index in [1.807, 2.05) is 0 Å². The van der Waals surface area contributed by atoms with Gasteiger partial charge in [-0.15, -0.1) is 0 Å². The highest BCUT2D eigenvalue weighted by Gasteiger charge is 2.45. The van der Waals surface area contributed by atoms with Gasteiger partial charge < -0.3 is 69.3 Å². The second kappa shape index (κ2) is 11.0. The Balaban J connectivity index is 1.60. The number of hydrogen-bond donors (Lipinski definition) is 9. The van der Waals surface area contributed by atoms with Gasteiger partial charge in [0, 0.05) is 17.7 Å². The minimum Gasteiger partial charge on any atom is -0.507 e. The molecule has 0 amide bonds. The molecule has 2 aliphatic heterocycles. The van der Waals surface area contributed by atoms with Gasteiger partial charge in [-0.1, -0.05) is 0 Å². The number of fused-ring (bicyclic) bond motifs is 1. The fraction of sp³-hybridized carbons (Fsp3) is 0.423. The molecular weight excluding hydrogens is 552 g/mol. The van der Waals surface area contributed by atoms with Crippen molar-refractivity contribution >= 4 is 11.0 Å². The molecule has 1 aromatic heterocycles. The van der Waals surface area contributed by atoms with Gasteiger partial charge in [-0.2, -0.15) is 0 Å². The van der Waals surface area contributed by atoms with Gasteiger partial charge in [0.15, 0.2) is 17.3 Å². The number of aliphatic hydroxyl groups is 6. The Hall–Kier alpha value is -3.67. The van der Waals surface area contributed by atoms with Gasteiger partial charge >= 0.3 is 0 Å². The molecule has 2 aromatic carbocycles. The second-order valence-corrected chi connectivity index (χ2v) is 9.73. The molecule has 0 radical (unpaired) electrons. The zero-order valence-electron chi connectivity index (χ0n) is 21.3. The molecule has 9 atom stereocenters. The third-order valence-corrected chi connectivity index (χ3v) is 6.94. The molecule has 2 saturated heterocycles. The summed E-state index contributed by atoms with van der Waals surface area (Å²) in [7, 11) is 0. The fourth-order valence-corrected chi connectivity index (χ4v) is 4.61. The molecule has 5 rings (SSSR count). The lowest BCUT2D eigenvalue weighted by Gasteiger charge is -2.38. The Morgan fingerprint density at radius 2 is 1.46 bits per heavy atom. The number of rotatable bonds is 6. The monoisotopic (exact) mass is 580 g/mol. The van der Waals surface area contributed by atoms with Crippen LogP contribution in [0.5, 0.6) is 28.7 Å². The predicted octanol–water partition coefficient (Wildman–Crippen LogP) is -1.40. The fourth-order valence-electron chi connectivity index (χ4n) is 4.61. The summed E-state index contributed by atoms with van der Waals surface area (Å²) in [6.45, 7) is 0.779. The summed E-state index contributed by atoms with van der Waals surface area (Å²) >= 11 is 0. The van der Waals surface area contributed by atoms with Crippen LogP contribution in [-0.2, 0) is 9.47 Å². The molecule has 15 heteroatoms. The van der Waals surface area contributed by atoms with Gasteiger partial charge in [-0.3, -0.25) is 4.79 Å². The third-order valence-electron chi connectivity index (χ3n) is 6.94. The summed E-state index contributed by atoms with van der Waals surface area (Å²) in [5, 5.41) is 90.2. The van der Waals surface area contributed by atoms with Crippen LogP contribution in [0.3, 0.4) is 0 Å². The van der Waals surface area contributed by atoms with Crippen LogP contribution in [-0.4, -0.2) is 108 Å². The van der Waals surface area contributed by atoms with Crippen molar-refractivity contribution in [3.8, 4) is 40.1 Å². The lowest BCUT2D eigenvalue weighted by molar-refractivity contribution is -0.268. The Bertz CT molecular complexity index is 1490. The van der Waals surface area contributed by atoms with Crippen molar-refractivity contribution in [1.82, 2.24) is 0 Å². The molecular formula is C26H28O15. The predicted molar refractivity (Wildman–Crippen MR) is 134 cm³/mol. The lowest BCUT2D eigenvalue weighted by atomic mass is 10.00. The Morgan fingerprint density at radius 3 is 2.12 bits per heavy atom. The first kappa shape index (κ1) is 28.8. The van der Waals surface area contributed by atoms with Crippen LogP contribution in [0.4, 0.5) is 0 Å². The molecule has 3 aromatic rings. The number of aromatic hydroxyl groups is 3. The smallest absolute Gasteiger partial charge is 0.239 e. The minimum atomic E-state index is -1.69. The van der Waals surface area contributed by atoms with E-state index in [2.05, 4.69) is 0 Å². The van der Waals surface area contributed by atoms with Crippen LogP contribution in [0.15, 0.2) is 39.5 Å². The van der Waals surface area contributed by atoms with Crippen LogP contribution in [0.25, 0.3) is 22.3 Å². The number of phenolic OH excluding ortho intramolecular Hbond substituents is 3. The molecule has 3 heterocycles. The third kappa shape index (κ3) is 5.13. The molecule has 15 nitrogen and oxygen atoms in total.